The molecule has 0 fully saturated rings. The van der Waals surface area contributed by atoms with Crippen molar-refractivity contribution in [1.29, 1.82) is 10.8 Å². The fourth-order valence-corrected chi connectivity index (χ4v) is 5.55. The topological polar surface area (TPSA) is 134 Å². The molecule has 3 aliphatic rings. The van der Waals surface area contributed by atoms with Gasteiger partial charge in [-0.25, -0.2) is 0 Å². The quantitative estimate of drug-likeness (QED) is 0.234. The molecule has 3 aliphatic carbocycles. The van der Waals surface area contributed by atoms with Crippen LogP contribution < -0.4 is 43.5 Å². The number of hydrogen-bond donors (Lipinski definition) is 4. The van der Waals surface area contributed by atoms with Gasteiger partial charge in [-0.3, -0.25) is 20.4 Å². The van der Waals surface area contributed by atoms with Gasteiger partial charge in [0.05, 0.1) is 21.2 Å². The van der Waals surface area contributed by atoms with E-state index in [4.69, 9.17) is 22.3 Å². The van der Waals surface area contributed by atoms with Crippen LogP contribution in [0.15, 0.2) is 82.4 Å². The van der Waals surface area contributed by atoms with E-state index >= 15 is 0 Å². The summed E-state index contributed by atoms with van der Waals surface area (Å²) in [5.41, 5.74) is 16.7. The molecule has 0 saturated heterocycles. The molecule has 2 aromatic carbocycles. The fraction of sp³-hybridized carbons (Fsp3) is 0.222. The molecule has 0 atom stereocenters. The number of rotatable bonds is 8. The largest absolute Gasteiger partial charge is 0.398 e. The van der Waals surface area contributed by atoms with Gasteiger partial charge >= 0.3 is 0 Å². The molecule has 0 radical (unpaired) electrons. The van der Waals surface area contributed by atoms with Crippen LogP contribution in [0, 0.1) is 31.7 Å². The van der Waals surface area contributed by atoms with Gasteiger partial charge in [-0.15, -0.1) is 0 Å². The number of nitrogens with one attached hydrogen (secondary N) is 2. The van der Waals surface area contributed by atoms with Crippen molar-refractivity contribution in [2.75, 3.05) is 0 Å². The van der Waals surface area contributed by atoms with Gasteiger partial charge in [-0.05, 0) is 72.2 Å². The number of benzene rings is 2. The Labute approximate surface area is 243 Å². The molecule has 42 heavy (non-hydrogen) atoms. The molecule has 6 heteroatoms. The van der Waals surface area contributed by atoms with Crippen molar-refractivity contribution in [3.05, 3.63) is 158 Å². The smallest absolute Gasteiger partial charge is 0.196 e. The molecule has 6 nitrogen and oxygen atoms in total. The summed E-state index contributed by atoms with van der Waals surface area (Å²) in [5.74, 6) is 0. The number of aryl methyl sites for hydroxylation is 2. The molecule has 0 saturated carbocycles. The lowest BCUT2D eigenvalue weighted by molar-refractivity contribution is 0.795. The monoisotopic (exact) mass is 556 g/mol. The van der Waals surface area contributed by atoms with Crippen LogP contribution in [0.4, 0.5) is 0 Å². The Morgan fingerprint density at radius 3 is 1.26 bits per heavy atom. The molecule has 0 unspecified atom stereocenters. The molecule has 212 valence electrons. The van der Waals surface area contributed by atoms with Crippen molar-refractivity contribution in [2.24, 2.45) is 11.5 Å². The van der Waals surface area contributed by atoms with E-state index in [1.807, 2.05) is 48.5 Å². The Morgan fingerprint density at radius 1 is 0.571 bits per heavy atom. The van der Waals surface area contributed by atoms with Gasteiger partial charge in [0.15, 0.2) is 10.9 Å². The lowest BCUT2D eigenvalue weighted by Gasteiger charge is -2.06. The first-order chi connectivity index (χ1) is 20.3. The van der Waals surface area contributed by atoms with Crippen LogP contribution >= 0.6 is 0 Å². The van der Waals surface area contributed by atoms with Gasteiger partial charge in [-0.1, -0.05) is 75.2 Å². The van der Waals surface area contributed by atoms with Crippen LogP contribution in [0.5, 0.6) is 0 Å². The van der Waals surface area contributed by atoms with Crippen molar-refractivity contribution in [3.63, 3.8) is 0 Å². The molecule has 2 aromatic rings. The van der Waals surface area contributed by atoms with E-state index in [1.54, 1.807) is 24.3 Å². The molecule has 0 spiro atoms. The number of hydrogen-bond acceptors (Lipinski definition) is 6. The Balaban J connectivity index is 1.70. The third-order valence-corrected chi connectivity index (χ3v) is 8.10. The highest BCUT2D eigenvalue weighted by Crippen LogP contribution is 2.12. The van der Waals surface area contributed by atoms with Gasteiger partial charge < -0.3 is 11.5 Å². The minimum absolute atomic E-state index is 0.0132. The van der Waals surface area contributed by atoms with Crippen LogP contribution in [-0.2, 0) is 12.8 Å². The van der Waals surface area contributed by atoms with Crippen LogP contribution in [0.25, 0.3) is 11.4 Å². The summed E-state index contributed by atoms with van der Waals surface area (Å²) in [7, 11) is 0. The second kappa shape index (κ2) is 12.0. The zero-order valence-electron chi connectivity index (χ0n) is 24.1. The average molecular weight is 557 g/mol. The van der Waals surface area contributed by atoms with Gasteiger partial charge in [0.1, 0.15) is 0 Å². The molecule has 0 aliphatic heterocycles. The van der Waals surface area contributed by atoms with Crippen LogP contribution in [0.1, 0.15) is 61.8 Å². The maximum absolute atomic E-state index is 13.7. The maximum atomic E-state index is 13.7. The van der Waals surface area contributed by atoms with Crippen molar-refractivity contribution in [2.45, 2.75) is 52.4 Å². The average Bonchev–Trinajstić information content (AvgIpc) is 3.01. The Kier molecular flexibility index (Phi) is 8.16. The first kappa shape index (κ1) is 28.7. The van der Waals surface area contributed by atoms with Gasteiger partial charge in [-0.2, -0.15) is 0 Å². The summed E-state index contributed by atoms with van der Waals surface area (Å²) in [6, 6.07) is 22.1. The maximum Gasteiger partial charge on any atom is 0.196 e. The van der Waals surface area contributed by atoms with E-state index in [-0.39, 0.29) is 31.6 Å². The molecule has 0 aromatic heterocycles. The minimum Gasteiger partial charge on any atom is -0.398 e. The van der Waals surface area contributed by atoms with E-state index in [0.717, 1.165) is 49.7 Å². The fourth-order valence-electron chi connectivity index (χ4n) is 5.55. The lowest BCUT2D eigenvalue weighted by Crippen LogP contribution is -2.39. The predicted octanol–water partition coefficient (Wildman–Crippen LogP) is 2.61. The van der Waals surface area contributed by atoms with Crippen molar-refractivity contribution < 1.29 is 0 Å². The molecular formula is C36H36N4O2. The minimum atomic E-state index is -0.465. The van der Waals surface area contributed by atoms with Crippen LogP contribution in [-0.4, -0.2) is 0 Å². The Morgan fingerprint density at radius 2 is 0.929 bits per heavy atom. The summed E-state index contributed by atoms with van der Waals surface area (Å²) < 4.78 is 0. The van der Waals surface area contributed by atoms with E-state index in [2.05, 4.69) is 13.8 Å². The highest BCUT2D eigenvalue weighted by Gasteiger charge is 2.11. The molecule has 5 rings (SSSR count). The number of nitrogens with two attached hydrogens (primary N) is 2. The highest BCUT2D eigenvalue weighted by atomic mass is 16.1. The van der Waals surface area contributed by atoms with Crippen molar-refractivity contribution in [1.82, 2.24) is 0 Å². The van der Waals surface area contributed by atoms with E-state index < -0.39 is 10.9 Å². The SMILES string of the molecule is CCCCc1ccc(C(N)=c2ccc3c(=O)c4c(=N)c(=C(N)c5ccc(CCCC)cc5)ccc=4c(=O)c=3c2=N)cc1. The van der Waals surface area contributed by atoms with Crippen molar-refractivity contribution in [3.8, 4) is 0 Å². The molecular weight excluding hydrogens is 520 g/mol. The molecule has 0 amide bonds. The van der Waals surface area contributed by atoms with Crippen LogP contribution in [0.3, 0.4) is 0 Å². The van der Waals surface area contributed by atoms with E-state index in [1.165, 1.54) is 11.1 Å². The Hall–Kier alpha value is -4.84. The second-order valence-corrected chi connectivity index (χ2v) is 10.9. The summed E-state index contributed by atoms with van der Waals surface area (Å²) in [6.07, 6.45) is 6.43. The standard InChI is InChI=1S/C36H36N4O2/c1-3-5-7-21-9-13-23(14-10-21)31(37)27-19-17-25-29(33(27)39)35(41)26-18-20-28(34(40)30(26)36(25)42)32(38)24-15-11-22(12-16-24)8-6-4-2/h9-20,39-40H,3-8,37-38H2,1-2H3. The van der Waals surface area contributed by atoms with Gasteiger partial charge in [0, 0.05) is 32.3 Å². The van der Waals surface area contributed by atoms with Crippen LogP contribution in [0.2, 0.25) is 0 Å². The predicted molar refractivity (Wildman–Crippen MR) is 166 cm³/mol. The van der Waals surface area contributed by atoms with E-state index in [9.17, 15) is 9.59 Å². The first-order valence-corrected chi connectivity index (χ1v) is 14.6. The zero-order chi connectivity index (χ0) is 30.0. The van der Waals surface area contributed by atoms with Crippen molar-refractivity contribution >= 4 is 11.4 Å². The lowest BCUT2D eigenvalue weighted by atomic mass is 10.0. The third kappa shape index (κ3) is 5.16. The summed E-state index contributed by atoms with van der Waals surface area (Å²) in [5, 5.41) is 18.6. The van der Waals surface area contributed by atoms with Gasteiger partial charge in [0.25, 0.3) is 0 Å². The first-order valence-electron chi connectivity index (χ1n) is 14.6. The summed E-state index contributed by atoms with van der Waals surface area (Å²) >= 11 is 0. The zero-order valence-corrected chi connectivity index (χ0v) is 24.1. The molecule has 0 bridgehead atoms. The Bertz CT molecular complexity index is 2080. The highest BCUT2D eigenvalue weighted by molar-refractivity contribution is 5.63. The van der Waals surface area contributed by atoms with E-state index in [0.29, 0.717) is 21.8 Å². The summed E-state index contributed by atoms with van der Waals surface area (Å²) in [4.78, 5) is 27.4. The second-order valence-electron chi connectivity index (χ2n) is 10.9. The summed E-state index contributed by atoms with van der Waals surface area (Å²) in [6.45, 7) is 4.31. The molecule has 6 N–H and O–H groups in total. The number of unbranched alkanes of at least 4 members (excludes halogenated alkanes) is 2. The molecule has 0 heterocycles. The van der Waals surface area contributed by atoms with Gasteiger partial charge in [0.2, 0.25) is 0 Å². The normalized spacial score (nSPS) is 13.0. The third-order valence-electron chi connectivity index (χ3n) is 8.10.